The lowest BCUT2D eigenvalue weighted by atomic mass is 9.75. The lowest BCUT2D eigenvalue weighted by Gasteiger charge is -2.40. The highest BCUT2D eigenvalue weighted by molar-refractivity contribution is 6.73. The average Bonchev–Trinajstić information content (AvgIpc) is 3.26. The van der Waals surface area contributed by atoms with Gasteiger partial charge in [-0.1, -0.05) is 161 Å². The highest BCUT2D eigenvalue weighted by atomic mass is 28.4. The van der Waals surface area contributed by atoms with Crippen molar-refractivity contribution < 1.29 is 33.4 Å². The Hall–Kier alpha value is -3.79. The van der Waals surface area contributed by atoms with Crippen molar-refractivity contribution in [3.63, 3.8) is 0 Å². The monoisotopic (exact) mass is 856 g/mol. The van der Waals surface area contributed by atoms with E-state index in [-0.39, 0.29) is 30.0 Å². The van der Waals surface area contributed by atoms with Gasteiger partial charge in [-0.3, -0.25) is 4.79 Å². The molecule has 0 saturated heterocycles. The molecule has 9 heteroatoms. The van der Waals surface area contributed by atoms with Gasteiger partial charge in [0.2, 0.25) is 0 Å². The predicted molar refractivity (Wildman–Crippen MR) is 248 cm³/mol. The molecule has 5 unspecified atom stereocenters. The number of rotatable bonds is 17. The summed E-state index contributed by atoms with van der Waals surface area (Å²) in [5, 5.41) is 13.5. The third kappa shape index (κ3) is 14.1. The normalized spacial score (nSPS) is 23.8. The molecule has 8 nitrogen and oxygen atoms in total. The zero-order valence-corrected chi connectivity index (χ0v) is 39.8. The van der Waals surface area contributed by atoms with Crippen molar-refractivity contribution >= 4 is 26.2 Å². The zero-order chi connectivity index (χ0) is 44.7. The van der Waals surface area contributed by atoms with Crippen molar-refractivity contribution in [3.8, 4) is 0 Å². The van der Waals surface area contributed by atoms with Gasteiger partial charge < -0.3 is 24.3 Å². The first-order valence-electron chi connectivity index (χ1n) is 23.4. The number of esters is 2. The first kappa shape index (κ1) is 49.9. The molecule has 2 fully saturated rings. The van der Waals surface area contributed by atoms with Crippen LogP contribution in [0.25, 0.3) is 0 Å². The van der Waals surface area contributed by atoms with Gasteiger partial charge in [-0.05, 0) is 103 Å². The predicted octanol–water partition coefficient (Wildman–Crippen LogP) is 11.7. The van der Waals surface area contributed by atoms with Gasteiger partial charge in [0, 0.05) is 11.5 Å². The molecule has 2 N–H and O–H groups in total. The summed E-state index contributed by atoms with van der Waals surface area (Å²) in [5.74, 6) is 1.40. The third-order valence-corrected chi connectivity index (χ3v) is 18.4. The fraction of sp³-hybridized carbons (Fsp3) is 0.596. The molecule has 10 atom stereocenters. The van der Waals surface area contributed by atoms with Gasteiger partial charge in [0.25, 0.3) is 5.91 Å². The molecular formula is C52H77NO7Si. The Morgan fingerprint density at radius 2 is 1.07 bits per heavy atom. The molecular weight excluding hydrogens is 779 g/mol. The number of aliphatic hydroxyl groups excluding tert-OH is 1. The fourth-order valence-corrected chi connectivity index (χ4v) is 12.2. The lowest BCUT2D eigenvalue weighted by Crippen LogP contribution is -2.51. The number of nitrogens with one attached hydrogen (secondary N) is 1. The summed E-state index contributed by atoms with van der Waals surface area (Å²) in [5.41, 5.74) is 2.34. The second-order valence-corrected chi connectivity index (χ2v) is 23.5. The van der Waals surface area contributed by atoms with Crippen LogP contribution in [0.2, 0.25) is 18.1 Å². The van der Waals surface area contributed by atoms with Crippen molar-refractivity contribution in [2.75, 3.05) is 0 Å². The number of hydrogen-bond donors (Lipinski definition) is 2. The maximum absolute atomic E-state index is 14.2. The number of hydrogen-bond acceptors (Lipinski definition) is 7. The number of carbonyl (C=O) groups is 3. The van der Waals surface area contributed by atoms with E-state index in [0.717, 1.165) is 61.4 Å². The maximum atomic E-state index is 14.2. The highest BCUT2D eigenvalue weighted by Gasteiger charge is 2.43. The molecule has 61 heavy (non-hydrogen) atoms. The molecule has 5 rings (SSSR count). The van der Waals surface area contributed by atoms with Crippen molar-refractivity contribution in [3.05, 3.63) is 108 Å². The number of carbonyl (C=O) groups excluding carboxylic acids is 3. The average molecular weight is 856 g/mol. The van der Waals surface area contributed by atoms with E-state index in [4.69, 9.17) is 13.9 Å². The number of aliphatic hydroxyl groups is 1. The number of ether oxygens (including phenoxy) is 2. The Morgan fingerprint density at radius 1 is 0.639 bits per heavy atom. The molecule has 0 aliphatic heterocycles. The van der Waals surface area contributed by atoms with Gasteiger partial charge in [0.1, 0.15) is 12.2 Å². The third-order valence-electron chi connectivity index (χ3n) is 13.8. The fourth-order valence-electron chi connectivity index (χ4n) is 9.41. The summed E-state index contributed by atoms with van der Waals surface area (Å²) >= 11 is 0. The van der Waals surface area contributed by atoms with Crippen LogP contribution in [0.15, 0.2) is 91.0 Å². The lowest BCUT2D eigenvalue weighted by molar-refractivity contribution is -0.167. The molecule has 0 heterocycles. The summed E-state index contributed by atoms with van der Waals surface area (Å²) in [6, 6.07) is 30.5. The Balaban J connectivity index is 0.000000303. The van der Waals surface area contributed by atoms with Gasteiger partial charge in [0.15, 0.2) is 20.5 Å². The van der Waals surface area contributed by atoms with Crippen LogP contribution in [0.1, 0.15) is 141 Å². The zero-order valence-electron chi connectivity index (χ0n) is 38.8. The standard InChI is InChI=1S/C32H47NO4Si.C20H30O3/c1-7-38(8-2,9-3)37-30(32(35)36-28-22-24(6)20-21-27(28)23(4)5)29(25-16-12-10-13-17-25)33-31(34)26-18-14-11-15-19-26;1-13(2)17-11-10-14(3)12-18(17)23-20(22)19(21)15(4)16-8-6-5-7-9-16/h10-19,23-24,27-30H,7-9,20-22H2,1-6H3,(H,33,34);5-9,13-15,17-19,21H,10-12H2,1-4H3/t24?,27-,28?,29+,30?;14?,15-,17+,18?,19+/m10/s1. The van der Waals surface area contributed by atoms with Crippen LogP contribution in [0.5, 0.6) is 0 Å². The summed E-state index contributed by atoms with van der Waals surface area (Å²) < 4.78 is 19.0. The van der Waals surface area contributed by atoms with Gasteiger partial charge in [-0.2, -0.15) is 0 Å². The van der Waals surface area contributed by atoms with Gasteiger partial charge >= 0.3 is 11.9 Å². The van der Waals surface area contributed by atoms with E-state index in [0.29, 0.717) is 41.1 Å². The van der Waals surface area contributed by atoms with Gasteiger partial charge in [-0.15, -0.1) is 0 Å². The minimum absolute atomic E-state index is 0.0659. The number of amides is 1. The molecule has 3 aromatic rings. The van der Waals surface area contributed by atoms with Crippen LogP contribution >= 0.6 is 0 Å². The van der Waals surface area contributed by atoms with Crippen LogP contribution in [-0.4, -0.2) is 55.7 Å². The van der Waals surface area contributed by atoms with Crippen LogP contribution in [0.4, 0.5) is 0 Å². The van der Waals surface area contributed by atoms with Gasteiger partial charge in [-0.25, -0.2) is 9.59 Å². The SMILES string of the molecule is CC1CC[C@H](C(C)C)C(OC(=O)[C@H](O)[C@@H](C)c2ccccc2)C1.CC[Si](CC)(CC)OC(C(=O)OC1CC(C)CC[C@@H]1C(C)C)[C@@H](NC(=O)c1ccccc1)c1ccccc1. The van der Waals surface area contributed by atoms with Crippen LogP contribution in [0.3, 0.4) is 0 Å². The van der Waals surface area contributed by atoms with Crippen molar-refractivity contribution in [2.45, 2.75) is 162 Å². The Bertz CT molecular complexity index is 1740. The van der Waals surface area contributed by atoms with Crippen LogP contribution in [-0.2, 0) is 23.5 Å². The van der Waals surface area contributed by atoms with E-state index in [1.54, 1.807) is 12.1 Å². The second-order valence-electron chi connectivity index (χ2n) is 18.8. The Morgan fingerprint density at radius 3 is 1.51 bits per heavy atom. The molecule has 1 amide bonds. The molecule has 2 aliphatic rings. The topological polar surface area (TPSA) is 111 Å². The highest BCUT2D eigenvalue weighted by Crippen LogP contribution is 2.38. The van der Waals surface area contributed by atoms with Gasteiger partial charge in [0.05, 0.1) is 6.04 Å². The summed E-state index contributed by atoms with van der Waals surface area (Å²) in [7, 11) is -2.24. The molecule has 336 valence electrons. The smallest absolute Gasteiger partial charge is 0.336 e. The van der Waals surface area contributed by atoms with E-state index in [2.05, 4.69) is 67.6 Å². The minimum Gasteiger partial charge on any atom is -0.460 e. The van der Waals surface area contributed by atoms with Crippen LogP contribution in [0, 0.1) is 35.5 Å². The molecule has 0 radical (unpaired) electrons. The maximum Gasteiger partial charge on any atom is 0.336 e. The second kappa shape index (κ2) is 24.2. The first-order chi connectivity index (χ1) is 29.1. The van der Waals surface area contributed by atoms with E-state index in [9.17, 15) is 19.5 Å². The molecule has 0 aromatic heterocycles. The molecule has 2 saturated carbocycles. The Labute approximate surface area is 369 Å². The van der Waals surface area contributed by atoms with Crippen LogP contribution < -0.4 is 5.32 Å². The van der Waals surface area contributed by atoms with Crippen molar-refractivity contribution in [2.24, 2.45) is 35.5 Å². The number of benzene rings is 3. The van der Waals surface area contributed by atoms with E-state index in [1.807, 2.05) is 85.8 Å². The van der Waals surface area contributed by atoms with E-state index in [1.165, 1.54) is 6.42 Å². The summed E-state index contributed by atoms with van der Waals surface area (Å²) in [6.07, 6.45) is 4.06. The minimum atomic E-state index is -2.24. The summed E-state index contributed by atoms with van der Waals surface area (Å²) in [4.78, 5) is 40.0. The van der Waals surface area contributed by atoms with Crippen molar-refractivity contribution in [1.82, 2.24) is 5.32 Å². The van der Waals surface area contributed by atoms with E-state index < -0.39 is 32.5 Å². The van der Waals surface area contributed by atoms with E-state index >= 15 is 0 Å². The first-order valence-corrected chi connectivity index (χ1v) is 25.9. The molecule has 3 aromatic carbocycles. The quantitative estimate of drug-likeness (QED) is 0.103. The van der Waals surface area contributed by atoms with Crippen molar-refractivity contribution in [1.29, 1.82) is 0 Å². The molecule has 2 aliphatic carbocycles. The molecule has 0 bridgehead atoms. The Kier molecular flexibility index (Phi) is 19.7. The molecule has 0 spiro atoms. The summed E-state index contributed by atoms with van der Waals surface area (Å²) in [6.45, 7) is 21.6. The largest absolute Gasteiger partial charge is 0.460 e.